The van der Waals surface area contributed by atoms with Crippen molar-refractivity contribution >= 4 is 12.1 Å². The lowest BCUT2D eigenvalue weighted by atomic mass is 10.0. The van der Waals surface area contributed by atoms with Gasteiger partial charge in [-0.1, -0.05) is 0 Å². The number of ether oxygens (including phenoxy) is 1. The lowest BCUT2D eigenvalue weighted by Crippen LogP contribution is -2.52. The maximum atomic E-state index is 12.7. The average Bonchev–Trinajstić information content (AvgIpc) is 3.42. The van der Waals surface area contributed by atoms with Crippen LogP contribution in [0.15, 0.2) is 4.99 Å². The third kappa shape index (κ3) is 7.54. The van der Waals surface area contributed by atoms with E-state index in [2.05, 4.69) is 15.2 Å². The number of aliphatic imine (C=N–C) groups is 1. The van der Waals surface area contributed by atoms with Gasteiger partial charge in [-0.3, -0.25) is 9.38 Å². The Morgan fingerprint density at radius 2 is 1.93 bits per heavy atom. The molecule has 7 heteroatoms. The second kappa shape index (κ2) is 10.1. The van der Waals surface area contributed by atoms with Crippen LogP contribution in [0.4, 0.5) is 9.18 Å². The lowest BCUT2D eigenvalue weighted by Gasteiger charge is -2.40. The minimum atomic E-state index is -0.471. The molecule has 1 heterocycles. The lowest BCUT2D eigenvalue weighted by molar-refractivity contribution is 0.00928. The summed E-state index contributed by atoms with van der Waals surface area (Å²) in [6.45, 7) is 11.2. The number of alkyl halides is 1. The first-order valence-corrected chi connectivity index (χ1v) is 10.4. The first kappa shape index (κ1) is 21.8. The number of halogens is 1. The van der Waals surface area contributed by atoms with E-state index in [0.717, 1.165) is 45.0 Å². The second-order valence-corrected chi connectivity index (χ2v) is 8.57. The Kier molecular flexibility index (Phi) is 8.17. The van der Waals surface area contributed by atoms with Gasteiger partial charge in [0.25, 0.3) is 0 Å². The SMILES string of the molecule is CCNC(=NCCCF)N1CCC(N(CC2CC2)C(=O)OC(C)(C)C)CC1. The Balaban J connectivity index is 1.95. The molecule has 0 spiro atoms. The van der Waals surface area contributed by atoms with Gasteiger partial charge in [-0.25, -0.2) is 4.79 Å². The monoisotopic (exact) mass is 384 g/mol. The van der Waals surface area contributed by atoms with Crippen LogP contribution < -0.4 is 5.32 Å². The molecule has 0 radical (unpaired) electrons. The predicted molar refractivity (Wildman–Crippen MR) is 107 cm³/mol. The number of amides is 1. The van der Waals surface area contributed by atoms with Gasteiger partial charge < -0.3 is 19.9 Å². The summed E-state index contributed by atoms with van der Waals surface area (Å²) in [5.41, 5.74) is -0.471. The van der Waals surface area contributed by atoms with Crippen molar-refractivity contribution < 1.29 is 13.9 Å². The fourth-order valence-corrected chi connectivity index (χ4v) is 3.33. The van der Waals surface area contributed by atoms with E-state index in [1.165, 1.54) is 12.8 Å². The molecule has 1 aliphatic carbocycles. The van der Waals surface area contributed by atoms with E-state index in [1.807, 2.05) is 32.6 Å². The smallest absolute Gasteiger partial charge is 0.410 e. The van der Waals surface area contributed by atoms with Crippen molar-refractivity contribution in [1.82, 2.24) is 15.1 Å². The van der Waals surface area contributed by atoms with Crippen molar-refractivity contribution in [3.63, 3.8) is 0 Å². The zero-order valence-corrected chi connectivity index (χ0v) is 17.5. The van der Waals surface area contributed by atoms with Crippen LogP contribution in [0.25, 0.3) is 0 Å². The molecule has 2 aliphatic rings. The van der Waals surface area contributed by atoms with Crippen molar-refractivity contribution in [3.8, 4) is 0 Å². The first-order chi connectivity index (χ1) is 12.8. The van der Waals surface area contributed by atoms with Crippen LogP contribution in [0.2, 0.25) is 0 Å². The van der Waals surface area contributed by atoms with Crippen molar-refractivity contribution in [3.05, 3.63) is 0 Å². The molecule has 0 bridgehead atoms. The number of likely N-dealkylation sites (tertiary alicyclic amines) is 1. The summed E-state index contributed by atoms with van der Waals surface area (Å²) in [4.78, 5) is 21.4. The van der Waals surface area contributed by atoms with E-state index in [-0.39, 0.29) is 18.8 Å². The molecule has 0 aromatic rings. The zero-order chi connectivity index (χ0) is 19.9. The number of nitrogens with zero attached hydrogens (tertiary/aromatic N) is 3. The molecule has 0 atom stereocenters. The maximum absolute atomic E-state index is 12.7. The Morgan fingerprint density at radius 3 is 2.44 bits per heavy atom. The highest BCUT2D eigenvalue weighted by Gasteiger charge is 2.35. The molecule has 1 aliphatic heterocycles. The van der Waals surface area contributed by atoms with Gasteiger partial charge in [0.05, 0.1) is 6.67 Å². The molecule has 156 valence electrons. The summed E-state index contributed by atoms with van der Waals surface area (Å²) in [5, 5.41) is 3.30. The van der Waals surface area contributed by atoms with E-state index in [9.17, 15) is 9.18 Å². The van der Waals surface area contributed by atoms with E-state index in [1.54, 1.807) is 0 Å². The van der Waals surface area contributed by atoms with Crippen molar-refractivity contribution in [2.24, 2.45) is 10.9 Å². The van der Waals surface area contributed by atoms with Gasteiger partial charge in [-0.05, 0) is 65.7 Å². The van der Waals surface area contributed by atoms with E-state index >= 15 is 0 Å². The number of guanidine groups is 1. The quantitative estimate of drug-likeness (QED) is 0.415. The van der Waals surface area contributed by atoms with Gasteiger partial charge in [0.2, 0.25) is 0 Å². The molecular weight excluding hydrogens is 347 g/mol. The largest absolute Gasteiger partial charge is 0.444 e. The number of piperidine rings is 1. The van der Waals surface area contributed by atoms with Gasteiger partial charge in [0.15, 0.2) is 5.96 Å². The van der Waals surface area contributed by atoms with Gasteiger partial charge in [0.1, 0.15) is 5.60 Å². The first-order valence-electron chi connectivity index (χ1n) is 10.4. The predicted octanol–water partition coefficient (Wildman–Crippen LogP) is 3.42. The van der Waals surface area contributed by atoms with Gasteiger partial charge in [-0.2, -0.15) is 0 Å². The summed E-state index contributed by atoms with van der Waals surface area (Å²) in [6, 6.07) is 0.213. The van der Waals surface area contributed by atoms with Gasteiger partial charge >= 0.3 is 6.09 Å². The molecule has 0 aromatic heterocycles. The molecule has 6 nitrogen and oxygen atoms in total. The maximum Gasteiger partial charge on any atom is 0.410 e. The van der Waals surface area contributed by atoms with Crippen LogP contribution in [-0.4, -0.2) is 72.9 Å². The molecule has 2 fully saturated rings. The normalized spacial score (nSPS) is 19.1. The number of carbonyl (C=O) groups excluding carboxylic acids is 1. The van der Waals surface area contributed by atoms with Crippen LogP contribution in [0, 0.1) is 5.92 Å². The molecule has 2 rings (SSSR count). The second-order valence-electron chi connectivity index (χ2n) is 8.57. The molecular formula is C20H37FN4O2. The summed E-state index contributed by atoms with van der Waals surface area (Å²) in [7, 11) is 0. The molecule has 0 aromatic carbocycles. The minimum absolute atomic E-state index is 0.184. The number of nitrogens with one attached hydrogen (secondary N) is 1. The third-order valence-corrected chi connectivity index (χ3v) is 4.87. The number of hydrogen-bond acceptors (Lipinski definition) is 3. The van der Waals surface area contributed by atoms with Crippen LogP contribution in [0.5, 0.6) is 0 Å². The van der Waals surface area contributed by atoms with Crippen molar-refractivity contribution in [1.29, 1.82) is 0 Å². The van der Waals surface area contributed by atoms with Crippen LogP contribution >= 0.6 is 0 Å². The number of hydrogen-bond donors (Lipinski definition) is 1. The fraction of sp³-hybridized carbons (Fsp3) is 0.900. The Morgan fingerprint density at radius 1 is 1.26 bits per heavy atom. The van der Waals surface area contributed by atoms with Crippen LogP contribution in [-0.2, 0) is 4.74 Å². The minimum Gasteiger partial charge on any atom is -0.444 e. The van der Waals surface area contributed by atoms with Gasteiger partial charge in [0, 0.05) is 38.8 Å². The van der Waals surface area contributed by atoms with Crippen molar-refractivity contribution in [2.45, 2.75) is 71.4 Å². The van der Waals surface area contributed by atoms with Crippen LogP contribution in [0.3, 0.4) is 0 Å². The highest BCUT2D eigenvalue weighted by molar-refractivity contribution is 5.80. The van der Waals surface area contributed by atoms with E-state index in [4.69, 9.17) is 4.74 Å². The highest BCUT2D eigenvalue weighted by Crippen LogP contribution is 2.32. The Labute approximate surface area is 163 Å². The number of rotatable bonds is 7. The van der Waals surface area contributed by atoms with E-state index in [0.29, 0.717) is 18.9 Å². The van der Waals surface area contributed by atoms with E-state index < -0.39 is 5.60 Å². The molecule has 1 saturated heterocycles. The molecule has 1 amide bonds. The van der Waals surface area contributed by atoms with Gasteiger partial charge in [-0.15, -0.1) is 0 Å². The standard InChI is InChI=1S/C20H37FN4O2/c1-5-22-18(23-12-6-11-21)24-13-9-17(10-14-24)25(15-16-7-8-16)19(26)27-20(2,3)4/h16-17H,5-15H2,1-4H3,(H,22,23). The molecule has 0 unspecified atom stereocenters. The highest BCUT2D eigenvalue weighted by atomic mass is 19.1. The topological polar surface area (TPSA) is 57.2 Å². The summed E-state index contributed by atoms with van der Waals surface area (Å²) in [6.07, 6.45) is 4.50. The zero-order valence-electron chi connectivity index (χ0n) is 17.5. The summed E-state index contributed by atoms with van der Waals surface area (Å²) < 4.78 is 18.0. The summed E-state index contributed by atoms with van der Waals surface area (Å²) in [5.74, 6) is 1.49. The Bertz CT molecular complexity index is 495. The third-order valence-electron chi connectivity index (χ3n) is 4.87. The molecule has 1 saturated carbocycles. The van der Waals surface area contributed by atoms with Crippen LogP contribution in [0.1, 0.15) is 59.8 Å². The number of carbonyl (C=O) groups is 1. The fourth-order valence-electron chi connectivity index (χ4n) is 3.33. The Hall–Kier alpha value is -1.53. The molecule has 27 heavy (non-hydrogen) atoms. The van der Waals surface area contributed by atoms with Crippen molar-refractivity contribution in [2.75, 3.05) is 39.4 Å². The summed E-state index contributed by atoms with van der Waals surface area (Å²) >= 11 is 0. The molecule has 1 N–H and O–H groups in total. The average molecular weight is 385 g/mol.